The fraction of sp³-hybridized carbons (Fsp3) is 0.429. The van der Waals surface area contributed by atoms with Crippen molar-refractivity contribution in [2.75, 3.05) is 24.2 Å². The summed E-state index contributed by atoms with van der Waals surface area (Å²) in [6, 6.07) is 4.27. The van der Waals surface area contributed by atoms with Gasteiger partial charge in [-0.1, -0.05) is 0 Å². The third kappa shape index (κ3) is 3.33. The molecule has 0 saturated carbocycles. The predicted molar refractivity (Wildman–Crippen MR) is 82.7 cm³/mol. The van der Waals surface area contributed by atoms with E-state index in [0.717, 1.165) is 31.0 Å². The molecule has 3 rings (SSSR count). The summed E-state index contributed by atoms with van der Waals surface area (Å²) in [6.45, 7) is 1.32. The number of nitrogens with one attached hydrogen (secondary N) is 1. The first-order valence-electron chi connectivity index (χ1n) is 7.05. The lowest BCUT2D eigenvalue weighted by Gasteiger charge is -2.34. The average molecular weight is 324 g/mol. The summed E-state index contributed by atoms with van der Waals surface area (Å²) in [6.07, 6.45) is 4.22. The lowest BCUT2D eigenvalue weighted by Crippen LogP contribution is -2.47. The van der Waals surface area contributed by atoms with Crippen molar-refractivity contribution >= 4 is 26.7 Å². The maximum atomic E-state index is 13.3. The molecular weight excluding hydrogens is 307 g/mol. The highest BCUT2D eigenvalue weighted by Gasteiger charge is 2.24. The first kappa shape index (κ1) is 15.1. The highest BCUT2D eigenvalue weighted by atomic mass is 32.2. The van der Waals surface area contributed by atoms with Gasteiger partial charge in [0, 0.05) is 30.6 Å². The number of hydrogen-bond acceptors (Lipinski definition) is 5. The van der Waals surface area contributed by atoms with Gasteiger partial charge in [0.1, 0.15) is 18.0 Å². The van der Waals surface area contributed by atoms with Crippen molar-refractivity contribution in [1.82, 2.24) is 14.7 Å². The van der Waals surface area contributed by atoms with Crippen molar-refractivity contribution in [1.29, 1.82) is 0 Å². The molecule has 2 heterocycles. The lowest BCUT2D eigenvalue weighted by molar-refractivity contribution is 0.466. The van der Waals surface area contributed by atoms with E-state index in [1.165, 1.54) is 18.5 Å². The van der Waals surface area contributed by atoms with Crippen LogP contribution in [0.3, 0.4) is 0 Å². The Hall–Kier alpha value is -1.80. The molecule has 1 aromatic carbocycles. The number of anilines is 1. The molecule has 1 saturated heterocycles. The maximum Gasteiger partial charge on any atom is 0.209 e. The molecule has 1 unspecified atom stereocenters. The molecule has 6 nitrogen and oxygen atoms in total. The molecule has 1 aliphatic rings. The third-order valence-corrected chi connectivity index (χ3v) is 4.44. The monoisotopic (exact) mass is 324 g/mol. The van der Waals surface area contributed by atoms with Crippen LogP contribution in [0.5, 0.6) is 0 Å². The second kappa shape index (κ2) is 5.77. The number of fused-ring (bicyclic) bond motifs is 1. The summed E-state index contributed by atoms with van der Waals surface area (Å²) in [5.74, 6) is 0.373. The van der Waals surface area contributed by atoms with E-state index in [1.54, 1.807) is 6.07 Å². The molecule has 1 aromatic heterocycles. The molecule has 0 bridgehead atoms. The first-order chi connectivity index (χ1) is 10.4. The number of sulfonamides is 1. The molecule has 118 valence electrons. The van der Waals surface area contributed by atoms with Crippen LogP contribution in [0, 0.1) is 5.82 Å². The zero-order valence-corrected chi connectivity index (χ0v) is 13.0. The highest BCUT2D eigenvalue weighted by molar-refractivity contribution is 7.88. The Labute approximate surface area is 128 Å². The van der Waals surface area contributed by atoms with Crippen LogP contribution in [-0.4, -0.2) is 43.8 Å². The Balaban J connectivity index is 1.90. The molecule has 1 N–H and O–H groups in total. The molecule has 2 aromatic rings. The van der Waals surface area contributed by atoms with Crippen molar-refractivity contribution in [2.24, 2.45) is 0 Å². The summed E-state index contributed by atoms with van der Waals surface area (Å²) < 4.78 is 38.7. The van der Waals surface area contributed by atoms with Crippen LogP contribution in [0.1, 0.15) is 12.8 Å². The Morgan fingerprint density at radius 2 is 2.18 bits per heavy atom. The van der Waals surface area contributed by atoms with Crippen molar-refractivity contribution in [3.63, 3.8) is 0 Å². The highest BCUT2D eigenvalue weighted by Crippen LogP contribution is 2.26. The number of nitrogens with zero attached hydrogens (tertiary/aromatic N) is 3. The number of rotatable bonds is 3. The second-order valence-corrected chi connectivity index (χ2v) is 7.31. The van der Waals surface area contributed by atoms with Gasteiger partial charge in [0.15, 0.2) is 0 Å². The molecule has 1 aliphatic heterocycles. The van der Waals surface area contributed by atoms with Gasteiger partial charge < -0.3 is 4.90 Å². The number of hydrogen-bond donors (Lipinski definition) is 1. The summed E-state index contributed by atoms with van der Waals surface area (Å²) in [7, 11) is -3.24. The van der Waals surface area contributed by atoms with Gasteiger partial charge in [-0.05, 0) is 25.0 Å². The van der Waals surface area contributed by atoms with Crippen LogP contribution in [0.2, 0.25) is 0 Å². The molecule has 1 atom stereocenters. The van der Waals surface area contributed by atoms with Gasteiger partial charge in [0.2, 0.25) is 10.0 Å². The normalized spacial score (nSPS) is 19.5. The number of aromatic nitrogens is 2. The standard InChI is InChI=1S/C14H17FN4O2S/c1-22(20,21)18-11-3-2-6-19(8-11)14-12-5-4-10(15)7-13(12)16-9-17-14/h4-5,7,9,11,18H,2-3,6,8H2,1H3. The number of piperidine rings is 1. The summed E-state index contributed by atoms with van der Waals surface area (Å²) in [5, 5.41) is 0.768. The first-order valence-corrected chi connectivity index (χ1v) is 8.94. The Bertz CT molecular complexity index is 797. The van der Waals surface area contributed by atoms with E-state index >= 15 is 0 Å². The number of halogens is 1. The molecule has 22 heavy (non-hydrogen) atoms. The van der Waals surface area contributed by atoms with E-state index in [4.69, 9.17) is 0 Å². The molecule has 0 spiro atoms. The molecule has 8 heteroatoms. The minimum atomic E-state index is -3.24. The molecular formula is C14H17FN4O2S. The minimum Gasteiger partial charge on any atom is -0.354 e. The van der Waals surface area contributed by atoms with Gasteiger partial charge in [-0.3, -0.25) is 0 Å². The Kier molecular flexibility index (Phi) is 3.96. The molecule has 0 radical (unpaired) electrons. The van der Waals surface area contributed by atoms with Crippen molar-refractivity contribution in [3.8, 4) is 0 Å². The quantitative estimate of drug-likeness (QED) is 0.921. The fourth-order valence-electron chi connectivity index (χ4n) is 2.84. The van der Waals surface area contributed by atoms with Crippen LogP contribution < -0.4 is 9.62 Å². The fourth-order valence-corrected chi connectivity index (χ4v) is 3.63. The number of benzene rings is 1. The lowest BCUT2D eigenvalue weighted by atomic mass is 10.1. The van der Waals surface area contributed by atoms with E-state index < -0.39 is 10.0 Å². The predicted octanol–water partition coefficient (Wildman–Crippen LogP) is 1.29. The van der Waals surface area contributed by atoms with Crippen LogP contribution in [0.4, 0.5) is 10.2 Å². The Morgan fingerprint density at radius 3 is 2.95 bits per heavy atom. The zero-order chi connectivity index (χ0) is 15.7. The zero-order valence-electron chi connectivity index (χ0n) is 12.2. The maximum absolute atomic E-state index is 13.3. The van der Waals surface area contributed by atoms with Crippen LogP contribution in [0.25, 0.3) is 10.9 Å². The van der Waals surface area contributed by atoms with E-state index in [1.807, 2.05) is 4.90 Å². The smallest absolute Gasteiger partial charge is 0.209 e. The van der Waals surface area contributed by atoms with Crippen LogP contribution >= 0.6 is 0 Å². The minimum absolute atomic E-state index is 0.144. The van der Waals surface area contributed by atoms with Gasteiger partial charge in [-0.25, -0.2) is 27.5 Å². The average Bonchev–Trinajstić information content (AvgIpc) is 2.44. The van der Waals surface area contributed by atoms with Gasteiger partial charge in [0.25, 0.3) is 0 Å². The molecule has 0 aliphatic carbocycles. The second-order valence-electron chi connectivity index (χ2n) is 5.53. The van der Waals surface area contributed by atoms with Crippen molar-refractivity contribution < 1.29 is 12.8 Å². The third-order valence-electron chi connectivity index (χ3n) is 3.68. The SMILES string of the molecule is CS(=O)(=O)NC1CCCN(c2ncnc3cc(F)ccc23)C1. The molecule has 0 amide bonds. The Morgan fingerprint density at radius 1 is 1.36 bits per heavy atom. The summed E-state index contributed by atoms with van der Waals surface area (Å²) >= 11 is 0. The van der Waals surface area contributed by atoms with E-state index in [0.29, 0.717) is 17.9 Å². The van der Waals surface area contributed by atoms with Crippen LogP contribution in [0.15, 0.2) is 24.5 Å². The van der Waals surface area contributed by atoms with Gasteiger partial charge in [0.05, 0.1) is 11.8 Å². The molecule has 1 fully saturated rings. The summed E-state index contributed by atoms with van der Waals surface area (Å²) in [5.41, 5.74) is 0.545. The summed E-state index contributed by atoms with van der Waals surface area (Å²) in [4.78, 5) is 10.4. The van der Waals surface area contributed by atoms with Gasteiger partial charge >= 0.3 is 0 Å². The van der Waals surface area contributed by atoms with Gasteiger partial charge in [-0.15, -0.1) is 0 Å². The van der Waals surface area contributed by atoms with Crippen LogP contribution in [-0.2, 0) is 10.0 Å². The van der Waals surface area contributed by atoms with E-state index in [9.17, 15) is 12.8 Å². The van der Waals surface area contributed by atoms with E-state index in [-0.39, 0.29) is 11.9 Å². The van der Waals surface area contributed by atoms with Gasteiger partial charge in [-0.2, -0.15) is 0 Å². The van der Waals surface area contributed by atoms with Crippen molar-refractivity contribution in [3.05, 3.63) is 30.3 Å². The van der Waals surface area contributed by atoms with E-state index in [2.05, 4.69) is 14.7 Å². The largest absolute Gasteiger partial charge is 0.354 e. The topological polar surface area (TPSA) is 75.2 Å². The van der Waals surface area contributed by atoms with Crippen molar-refractivity contribution in [2.45, 2.75) is 18.9 Å².